The van der Waals surface area contributed by atoms with Gasteiger partial charge in [-0.2, -0.15) is 0 Å². The lowest BCUT2D eigenvalue weighted by Gasteiger charge is -2.18. The van der Waals surface area contributed by atoms with Crippen LogP contribution in [0.15, 0.2) is 42.9 Å². The highest BCUT2D eigenvalue weighted by molar-refractivity contribution is 5.39. The fourth-order valence-electron chi connectivity index (χ4n) is 1.71. The number of nitrogens with zero attached hydrogens (tertiary/aromatic N) is 3. The number of hydrogen-bond donors (Lipinski definition) is 1. The molecule has 0 aliphatic carbocycles. The van der Waals surface area contributed by atoms with Crippen molar-refractivity contribution in [2.75, 3.05) is 11.9 Å². The first-order chi connectivity index (χ1) is 8.66. The molecule has 1 N–H and O–H groups in total. The zero-order valence-electron chi connectivity index (χ0n) is 10.6. The van der Waals surface area contributed by atoms with Crippen molar-refractivity contribution in [1.29, 1.82) is 0 Å². The van der Waals surface area contributed by atoms with Crippen molar-refractivity contribution in [3.8, 4) is 0 Å². The average Bonchev–Trinajstić information content (AvgIpc) is 2.40. The Morgan fingerprint density at radius 2 is 1.94 bits per heavy atom. The summed E-state index contributed by atoms with van der Waals surface area (Å²) in [6.07, 6.45) is 4.81. The molecule has 1 atom stereocenters. The van der Waals surface area contributed by atoms with Crippen molar-refractivity contribution in [3.63, 3.8) is 0 Å². The maximum Gasteiger partial charge on any atom is 0.128 e. The van der Waals surface area contributed by atoms with E-state index in [2.05, 4.69) is 14.9 Å². The largest absolute Gasteiger partial charge is 0.389 e. The first-order valence-corrected chi connectivity index (χ1v) is 5.91. The number of aliphatic hydroxyl groups excluding tert-OH is 1. The Morgan fingerprint density at radius 1 is 1.22 bits per heavy atom. The van der Waals surface area contributed by atoms with E-state index in [-0.39, 0.29) is 0 Å². The number of anilines is 1. The highest BCUT2D eigenvalue weighted by Crippen LogP contribution is 2.16. The minimum Gasteiger partial charge on any atom is -0.389 e. The Kier molecular flexibility index (Phi) is 3.89. The molecule has 2 heterocycles. The maximum absolute atomic E-state index is 9.43. The lowest BCUT2D eigenvalue weighted by molar-refractivity contribution is 0.199. The number of rotatable bonds is 4. The molecule has 0 aliphatic heterocycles. The lowest BCUT2D eigenvalue weighted by atomic mass is 10.2. The number of aromatic nitrogens is 2. The SMILES string of the molecule is C[C@@H](O)c1ccc(N(C)Cc2ccncc2)nc1. The molecule has 0 spiro atoms. The lowest BCUT2D eigenvalue weighted by Crippen LogP contribution is -2.17. The third-order valence-electron chi connectivity index (χ3n) is 2.81. The van der Waals surface area contributed by atoms with E-state index < -0.39 is 6.10 Å². The van der Waals surface area contributed by atoms with Gasteiger partial charge in [-0.05, 0) is 36.2 Å². The molecule has 2 aromatic rings. The zero-order chi connectivity index (χ0) is 13.0. The van der Waals surface area contributed by atoms with Crippen LogP contribution in [-0.2, 0) is 6.54 Å². The van der Waals surface area contributed by atoms with E-state index in [0.29, 0.717) is 0 Å². The Bertz CT molecular complexity index is 482. The molecule has 94 valence electrons. The normalized spacial score (nSPS) is 12.2. The van der Waals surface area contributed by atoms with Gasteiger partial charge in [0.2, 0.25) is 0 Å². The Labute approximate surface area is 107 Å². The van der Waals surface area contributed by atoms with Gasteiger partial charge in [0.1, 0.15) is 5.82 Å². The van der Waals surface area contributed by atoms with Crippen LogP contribution in [0.2, 0.25) is 0 Å². The molecule has 0 fully saturated rings. The summed E-state index contributed by atoms with van der Waals surface area (Å²) in [7, 11) is 1.99. The van der Waals surface area contributed by atoms with E-state index in [0.717, 1.165) is 17.9 Å². The predicted molar refractivity (Wildman–Crippen MR) is 71.2 cm³/mol. The second kappa shape index (κ2) is 5.60. The third-order valence-corrected chi connectivity index (χ3v) is 2.81. The number of pyridine rings is 2. The van der Waals surface area contributed by atoms with Gasteiger partial charge in [-0.1, -0.05) is 6.07 Å². The van der Waals surface area contributed by atoms with E-state index in [1.54, 1.807) is 25.5 Å². The molecule has 4 heteroatoms. The summed E-state index contributed by atoms with van der Waals surface area (Å²) in [4.78, 5) is 10.4. The number of aliphatic hydroxyl groups is 1. The zero-order valence-corrected chi connectivity index (χ0v) is 10.6. The van der Waals surface area contributed by atoms with E-state index in [1.165, 1.54) is 5.56 Å². The van der Waals surface area contributed by atoms with Crippen LogP contribution in [0.3, 0.4) is 0 Å². The predicted octanol–water partition coefficient (Wildman–Crippen LogP) is 2.17. The topological polar surface area (TPSA) is 49.2 Å². The van der Waals surface area contributed by atoms with Gasteiger partial charge in [-0.15, -0.1) is 0 Å². The molecule has 0 saturated heterocycles. The van der Waals surface area contributed by atoms with Crippen LogP contribution < -0.4 is 4.90 Å². The van der Waals surface area contributed by atoms with E-state index in [4.69, 9.17) is 0 Å². The smallest absolute Gasteiger partial charge is 0.128 e. The summed E-state index contributed by atoms with van der Waals surface area (Å²) in [5.41, 5.74) is 2.02. The maximum atomic E-state index is 9.43. The van der Waals surface area contributed by atoms with Crippen LogP contribution in [0.4, 0.5) is 5.82 Å². The van der Waals surface area contributed by atoms with Crippen LogP contribution in [0, 0.1) is 0 Å². The van der Waals surface area contributed by atoms with Gasteiger partial charge in [-0.25, -0.2) is 4.98 Å². The van der Waals surface area contributed by atoms with Crippen LogP contribution >= 0.6 is 0 Å². The van der Waals surface area contributed by atoms with Gasteiger partial charge in [0.05, 0.1) is 6.10 Å². The van der Waals surface area contributed by atoms with Gasteiger partial charge < -0.3 is 10.0 Å². The van der Waals surface area contributed by atoms with Crippen LogP contribution in [0.25, 0.3) is 0 Å². The minimum absolute atomic E-state index is 0.475. The number of hydrogen-bond acceptors (Lipinski definition) is 4. The Balaban J connectivity index is 2.07. The van der Waals surface area contributed by atoms with Crippen LogP contribution in [0.5, 0.6) is 0 Å². The van der Waals surface area contributed by atoms with Crippen molar-refractivity contribution >= 4 is 5.82 Å². The molecule has 2 rings (SSSR count). The van der Waals surface area contributed by atoms with Crippen molar-refractivity contribution < 1.29 is 5.11 Å². The summed E-state index contributed by atoms with van der Waals surface area (Å²) in [5, 5.41) is 9.43. The summed E-state index contributed by atoms with van der Waals surface area (Å²) in [6.45, 7) is 2.51. The Hall–Kier alpha value is -1.94. The fraction of sp³-hybridized carbons (Fsp3) is 0.286. The van der Waals surface area contributed by atoms with Gasteiger partial charge >= 0.3 is 0 Å². The average molecular weight is 243 g/mol. The summed E-state index contributed by atoms with van der Waals surface area (Å²) >= 11 is 0. The summed E-state index contributed by atoms with van der Waals surface area (Å²) in [6, 6.07) is 7.79. The third kappa shape index (κ3) is 3.05. The highest BCUT2D eigenvalue weighted by Gasteiger charge is 2.05. The Morgan fingerprint density at radius 3 is 2.50 bits per heavy atom. The summed E-state index contributed by atoms with van der Waals surface area (Å²) in [5.74, 6) is 0.885. The molecular weight excluding hydrogens is 226 g/mol. The molecule has 0 aliphatic rings. The van der Waals surface area contributed by atoms with Gasteiger partial charge in [0.25, 0.3) is 0 Å². The second-order valence-corrected chi connectivity index (χ2v) is 4.34. The van der Waals surface area contributed by atoms with Crippen molar-refractivity contribution in [2.24, 2.45) is 0 Å². The minimum atomic E-state index is -0.475. The van der Waals surface area contributed by atoms with Gasteiger partial charge in [0.15, 0.2) is 0 Å². The van der Waals surface area contributed by atoms with E-state index >= 15 is 0 Å². The molecule has 0 saturated carbocycles. The van der Waals surface area contributed by atoms with Crippen molar-refractivity contribution in [1.82, 2.24) is 9.97 Å². The fourth-order valence-corrected chi connectivity index (χ4v) is 1.71. The first kappa shape index (κ1) is 12.5. The van der Waals surface area contributed by atoms with E-state index in [9.17, 15) is 5.11 Å². The molecule has 0 aromatic carbocycles. The molecular formula is C14H17N3O. The molecule has 4 nitrogen and oxygen atoms in total. The quantitative estimate of drug-likeness (QED) is 0.894. The standard InChI is InChI=1S/C14H17N3O/c1-11(18)13-3-4-14(16-9-13)17(2)10-12-5-7-15-8-6-12/h3-9,11,18H,10H2,1-2H3/t11-/m1/s1. The highest BCUT2D eigenvalue weighted by atomic mass is 16.3. The molecule has 0 radical (unpaired) electrons. The van der Waals surface area contributed by atoms with Gasteiger partial charge in [-0.3, -0.25) is 4.98 Å². The molecule has 0 bridgehead atoms. The first-order valence-electron chi connectivity index (χ1n) is 5.91. The molecule has 0 unspecified atom stereocenters. The second-order valence-electron chi connectivity index (χ2n) is 4.34. The van der Waals surface area contributed by atoms with Crippen molar-refractivity contribution in [3.05, 3.63) is 54.0 Å². The van der Waals surface area contributed by atoms with Gasteiger partial charge in [0, 0.05) is 32.2 Å². The summed E-state index contributed by atoms with van der Waals surface area (Å²) < 4.78 is 0. The van der Waals surface area contributed by atoms with Crippen LogP contribution in [-0.4, -0.2) is 22.1 Å². The molecule has 18 heavy (non-hydrogen) atoms. The molecule has 2 aromatic heterocycles. The van der Waals surface area contributed by atoms with Crippen molar-refractivity contribution in [2.45, 2.75) is 19.6 Å². The van der Waals surface area contributed by atoms with E-state index in [1.807, 2.05) is 31.3 Å². The monoisotopic (exact) mass is 243 g/mol. The van der Waals surface area contributed by atoms with Crippen LogP contribution in [0.1, 0.15) is 24.2 Å². The molecule has 0 amide bonds.